The van der Waals surface area contributed by atoms with Crippen molar-refractivity contribution in [2.75, 3.05) is 135 Å². The lowest BCUT2D eigenvalue weighted by molar-refractivity contribution is -0.890. The first kappa shape index (κ1) is 71.5. The highest BCUT2D eigenvalue weighted by atomic mass is 127. The summed E-state index contributed by atoms with van der Waals surface area (Å²) in [7, 11) is 10.7. The molecule has 4 unspecified atom stereocenters. The molecule has 0 radical (unpaired) electrons. The standard InChI is InChI=1S/C37H49N5O8.C30H36N4O9.HI/c1-8-38-23-39-12-9-14-42(4,5)15-17-46-16-13-40-34(43)22-48-37-25(10-11-28-27(37)19-29(49-28)24(2)3)36-35-26-18-31(44-6)32(45-7)20-30(26)47-21-33(35)50-41-36;1-16(2)21-12-19-20(42-21)6-5-17(30(19)41-15-27(36)32-8-10-39-9-7-26(35)33-31)29-28-18-11-23(37-3)24(38-4)13-22(18)40-14-25(28)43-34-29;/h10-11,18,20,29,33,35H,2,8-9,12-17,19,21-22H2,1,3-7H3;5-6,11,13,21,25,28H,1,7-10,12,14-15,31H2,2-4H3,(H,32,36)(H,33,35);1H/t29-,33?,35?;21-,25?,28?;/m11./s1. The summed E-state index contributed by atoms with van der Waals surface area (Å²) in [5.74, 6) is 9.56. The molecule has 6 aliphatic rings. The molecule has 6 atom stereocenters. The lowest BCUT2D eigenvalue weighted by Crippen LogP contribution is -3.00. The molecule has 508 valence electrons. The topological polar surface area (TPSA) is 292 Å². The molecule has 0 aromatic heterocycles. The molecule has 5 N–H and O–H groups in total. The van der Waals surface area contributed by atoms with Crippen LogP contribution in [0.1, 0.15) is 78.8 Å². The van der Waals surface area contributed by atoms with E-state index in [9.17, 15) is 14.4 Å². The van der Waals surface area contributed by atoms with Crippen LogP contribution in [0.5, 0.6) is 57.5 Å². The summed E-state index contributed by atoms with van der Waals surface area (Å²) in [6, 6.07) is 17.7. The van der Waals surface area contributed by atoms with E-state index in [1.807, 2.05) is 68.7 Å². The average Bonchev–Trinajstić information content (AvgIpc) is 1.52. The van der Waals surface area contributed by atoms with Gasteiger partial charge in [0, 0.05) is 84.4 Å². The number of hydrazine groups is 1. The molecule has 0 aliphatic carbocycles. The fourth-order valence-electron chi connectivity index (χ4n) is 11.4. The number of methoxy groups -OCH3 is 4. The predicted molar refractivity (Wildman–Crippen MR) is 344 cm³/mol. The number of carbonyl (C=O) groups is 3. The number of benzene rings is 4. The lowest BCUT2D eigenvalue weighted by atomic mass is 9.83. The van der Waals surface area contributed by atoms with Gasteiger partial charge in [-0.15, -0.1) is 0 Å². The fourth-order valence-corrected chi connectivity index (χ4v) is 11.4. The first-order chi connectivity index (χ1) is 45.0. The molecule has 0 bridgehead atoms. The number of rotatable bonds is 31. The number of aliphatic imine (C=N–C) groups is 2. The third-order valence-corrected chi connectivity index (χ3v) is 16.5. The molecule has 27 heteroatoms. The van der Waals surface area contributed by atoms with Crippen molar-refractivity contribution >= 4 is 35.2 Å². The van der Waals surface area contributed by atoms with Crippen LogP contribution in [0.25, 0.3) is 0 Å². The van der Waals surface area contributed by atoms with Gasteiger partial charge in [0.25, 0.3) is 11.8 Å². The van der Waals surface area contributed by atoms with Crippen LogP contribution >= 0.6 is 0 Å². The van der Waals surface area contributed by atoms with Gasteiger partial charge in [0.15, 0.2) is 48.4 Å². The van der Waals surface area contributed by atoms with Crippen LogP contribution in [0.4, 0.5) is 0 Å². The SMILES string of the molecule is C=C(C)[C@H]1Cc2c(ccc(C3=NOC4COc5cc(OC)c(OC)cc5C34)c2OCC(=O)NCCOCCC(=O)NN)O1.C=C(C)[C@H]1Cc2c(ccc(C3=NOC4COc5cc(OC)c(OC)cc5C34)c2OCC(=O)NCCOCC[N+](C)(C)CCCN=C=NCC)O1.[I-]. The van der Waals surface area contributed by atoms with Gasteiger partial charge in [-0.2, -0.15) is 0 Å². The number of likely N-dealkylation sites (N-methyl/N-ethyl adjacent to an activating group) is 1. The number of nitrogens with one attached hydrogen (secondary N) is 3. The maximum Gasteiger partial charge on any atom is 0.258 e. The summed E-state index contributed by atoms with van der Waals surface area (Å²) < 4.78 is 71.0. The second-order valence-corrected chi connectivity index (χ2v) is 23.5. The highest BCUT2D eigenvalue weighted by molar-refractivity contribution is 6.10. The number of oxime groups is 2. The second-order valence-electron chi connectivity index (χ2n) is 23.5. The van der Waals surface area contributed by atoms with Crippen molar-refractivity contribution in [2.24, 2.45) is 26.1 Å². The third-order valence-electron chi connectivity index (χ3n) is 16.5. The normalized spacial score (nSPS) is 18.7. The van der Waals surface area contributed by atoms with E-state index >= 15 is 0 Å². The summed E-state index contributed by atoms with van der Waals surface area (Å²) in [6.45, 7) is 19.4. The number of carbonyl (C=O) groups excluding carboxylic acids is 3. The minimum Gasteiger partial charge on any atom is -1.00 e. The Kier molecular flexibility index (Phi) is 25.6. The molecule has 0 fully saturated rings. The highest BCUT2D eigenvalue weighted by Crippen LogP contribution is 2.51. The Labute approximate surface area is 565 Å². The molecule has 4 aromatic rings. The summed E-state index contributed by atoms with van der Waals surface area (Å²) in [5.41, 5.74) is 9.95. The molecule has 6 aliphatic heterocycles. The zero-order valence-corrected chi connectivity index (χ0v) is 57.0. The first-order valence-electron chi connectivity index (χ1n) is 31.0. The number of fused-ring (bicyclic) bond motifs is 8. The van der Waals surface area contributed by atoms with E-state index < -0.39 is 0 Å². The molecule has 6 heterocycles. The van der Waals surface area contributed by atoms with Crippen molar-refractivity contribution in [1.82, 2.24) is 16.1 Å². The van der Waals surface area contributed by atoms with Crippen LogP contribution in [0, 0.1) is 0 Å². The van der Waals surface area contributed by atoms with Crippen molar-refractivity contribution in [1.29, 1.82) is 0 Å². The molecule has 0 spiro atoms. The van der Waals surface area contributed by atoms with Crippen molar-refractivity contribution in [3.05, 3.63) is 106 Å². The van der Waals surface area contributed by atoms with E-state index in [2.05, 4.69) is 64.2 Å². The minimum atomic E-state index is -0.361. The van der Waals surface area contributed by atoms with Gasteiger partial charge < -0.3 is 106 Å². The van der Waals surface area contributed by atoms with Crippen LogP contribution in [0.15, 0.2) is 93.1 Å². The van der Waals surface area contributed by atoms with E-state index in [1.54, 1.807) is 34.5 Å². The second kappa shape index (κ2) is 33.7. The minimum absolute atomic E-state index is 0. The van der Waals surface area contributed by atoms with Crippen LogP contribution in [0.3, 0.4) is 0 Å². The van der Waals surface area contributed by atoms with Crippen LogP contribution in [0.2, 0.25) is 0 Å². The summed E-state index contributed by atoms with van der Waals surface area (Å²) in [4.78, 5) is 56.8. The Hall–Kier alpha value is -8.34. The number of amides is 3. The van der Waals surface area contributed by atoms with Crippen molar-refractivity contribution < 1.29 is 109 Å². The summed E-state index contributed by atoms with van der Waals surface area (Å²) in [5, 5.41) is 14.7. The van der Waals surface area contributed by atoms with E-state index in [0.717, 1.165) is 63.0 Å². The number of halogens is 1. The van der Waals surface area contributed by atoms with Crippen LogP contribution in [-0.4, -0.2) is 199 Å². The van der Waals surface area contributed by atoms with Gasteiger partial charge in [-0.25, -0.2) is 15.8 Å². The molecule has 0 saturated carbocycles. The maximum absolute atomic E-state index is 13.0. The van der Waals surface area contributed by atoms with E-state index in [-0.39, 0.29) is 117 Å². The van der Waals surface area contributed by atoms with Gasteiger partial charge >= 0.3 is 0 Å². The maximum atomic E-state index is 13.0. The van der Waals surface area contributed by atoms with Gasteiger partial charge in [0.1, 0.15) is 77.9 Å². The van der Waals surface area contributed by atoms with Crippen molar-refractivity contribution in [3.8, 4) is 57.5 Å². The predicted octanol–water partition coefficient (Wildman–Crippen LogP) is 2.79. The van der Waals surface area contributed by atoms with Gasteiger partial charge in [-0.05, 0) is 68.3 Å². The number of hydrogen-bond donors (Lipinski definition) is 4. The van der Waals surface area contributed by atoms with Gasteiger partial charge in [0.05, 0.1) is 106 Å². The zero-order valence-electron chi connectivity index (χ0n) is 54.9. The molecular formula is C67H86IN9O17. The Bertz CT molecular complexity index is 3520. The van der Waals surface area contributed by atoms with E-state index in [4.69, 9.17) is 72.4 Å². The highest BCUT2D eigenvalue weighted by Gasteiger charge is 2.46. The smallest absolute Gasteiger partial charge is 0.258 e. The Morgan fingerprint density at radius 3 is 1.56 bits per heavy atom. The van der Waals surface area contributed by atoms with Gasteiger partial charge in [-0.3, -0.25) is 19.8 Å². The van der Waals surface area contributed by atoms with E-state index in [1.165, 1.54) is 0 Å². The molecular weight excluding hydrogens is 1330 g/mol. The molecule has 94 heavy (non-hydrogen) atoms. The number of nitrogens with zero attached hydrogens (tertiary/aromatic N) is 5. The number of nitrogens with two attached hydrogens (primary N) is 1. The Morgan fingerprint density at radius 1 is 0.649 bits per heavy atom. The average molecular weight is 1420 g/mol. The number of hydrogen-bond acceptors (Lipinski definition) is 22. The molecule has 4 aromatic carbocycles. The molecule has 0 saturated heterocycles. The molecule has 10 rings (SSSR count). The van der Waals surface area contributed by atoms with E-state index in [0.29, 0.717) is 133 Å². The third kappa shape index (κ3) is 17.3. The molecule has 3 amide bonds. The molecule has 26 nitrogen and oxygen atoms in total. The monoisotopic (exact) mass is 1420 g/mol. The summed E-state index contributed by atoms with van der Waals surface area (Å²) >= 11 is 0. The first-order valence-corrected chi connectivity index (χ1v) is 31.0. The Morgan fingerprint density at radius 2 is 1.12 bits per heavy atom. The largest absolute Gasteiger partial charge is 1.00 e. The number of ether oxygens (including phenoxy) is 12. The van der Waals surface area contributed by atoms with Gasteiger partial charge in [0.2, 0.25) is 5.91 Å². The quantitative estimate of drug-likeness (QED) is 0.00823. The van der Waals surface area contributed by atoms with Gasteiger partial charge in [-0.1, -0.05) is 23.5 Å². The fraction of sp³-hybridized carbons (Fsp3) is 0.493. The Balaban J connectivity index is 0.000000241. The van der Waals surface area contributed by atoms with Crippen LogP contribution in [-0.2, 0) is 46.4 Å². The van der Waals surface area contributed by atoms with Crippen molar-refractivity contribution in [3.63, 3.8) is 0 Å². The van der Waals surface area contributed by atoms with Crippen molar-refractivity contribution in [2.45, 2.75) is 82.7 Å². The lowest BCUT2D eigenvalue weighted by Gasteiger charge is -2.29. The number of quaternary nitrogens is 1. The van der Waals surface area contributed by atoms with Crippen LogP contribution < -0.4 is 93.2 Å². The zero-order chi connectivity index (χ0) is 66.2. The summed E-state index contributed by atoms with van der Waals surface area (Å²) in [6.07, 6.45) is 1.07.